The maximum atomic E-state index is 13.7. The molecule has 1 aliphatic rings. The zero-order valence-corrected chi connectivity index (χ0v) is 14.2. The predicted octanol–water partition coefficient (Wildman–Crippen LogP) is 4.14. The fourth-order valence-corrected chi connectivity index (χ4v) is 2.94. The summed E-state index contributed by atoms with van der Waals surface area (Å²) in [7, 11) is 0. The molecule has 0 saturated carbocycles. The second-order valence-electron chi connectivity index (χ2n) is 6.04. The maximum absolute atomic E-state index is 13.7. The van der Waals surface area contributed by atoms with Crippen molar-refractivity contribution in [3.05, 3.63) is 101 Å². The molecule has 1 aliphatic heterocycles. The Morgan fingerprint density at radius 1 is 0.926 bits per heavy atom. The minimum absolute atomic E-state index is 0.310. The van der Waals surface area contributed by atoms with Crippen LogP contribution in [-0.2, 0) is 4.74 Å². The Bertz CT molecular complexity index is 1040. The van der Waals surface area contributed by atoms with E-state index >= 15 is 0 Å². The standard InChI is InChI=1S/C22H15FN2O2/c23-18-11-5-4-7-15(18)13-14-17-10-6-12-19(24-17)20-21(27-22(26)25-20)16-8-2-1-3-9-16/h1-12,20-21H,(H,25,26)/t20-,21-/m1/s1. The lowest BCUT2D eigenvalue weighted by molar-refractivity contribution is 0.132. The van der Waals surface area contributed by atoms with Gasteiger partial charge in [0.2, 0.25) is 0 Å². The Morgan fingerprint density at radius 3 is 2.52 bits per heavy atom. The topological polar surface area (TPSA) is 51.2 Å². The van der Waals surface area contributed by atoms with Gasteiger partial charge in [-0.05, 0) is 35.7 Å². The largest absolute Gasteiger partial charge is 0.439 e. The highest BCUT2D eigenvalue weighted by atomic mass is 19.1. The quantitative estimate of drug-likeness (QED) is 0.701. The van der Waals surface area contributed by atoms with Gasteiger partial charge in [0.15, 0.2) is 6.10 Å². The zero-order chi connectivity index (χ0) is 18.6. The highest BCUT2D eigenvalue weighted by molar-refractivity contribution is 5.71. The number of hydrogen-bond acceptors (Lipinski definition) is 3. The zero-order valence-electron chi connectivity index (χ0n) is 14.2. The van der Waals surface area contributed by atoms with E-state index in [-0.39, 0.29) is 5.82 Å². The fourth-order valence-electron chi connectivity index (χ4n) is 2.94. The van der Waals surface area contributed by atoms with E-state index in [1.54, 1.807) is 30.3 Å². The van der Waals surface area contributed by atoms with Crippen LogP contribution in [0.15, 0.2) is 72.8 Å². The van der Waals surface area contributed by atoms with Crippen LogP contribution in [0, 0.1) is 17.7 Å². The summed E-state index contributed by atoms with van der Waals surface area (Å²) in [6, 6.07) is 20.8. The molecule has 5 heteroatoms. The first-order valence-corrected chi connectivity index (χ1v) is 8.46. The van der Waals surface area contributed by atoms with Gasteiger partial charge in [-0.1, -0.05) is 54.5 Å². The summed E-state index contributed by atoms with van der Waals surface area (Å²) < 4.78 is 19.1. The number of ether oxygens (including phenoxy) is 1. The highest BCUT2D eigenvalue weighted by Gasteiger charge is 2.37. The van der Waals surface area contributed by atoms with Crippen LogP contribution >= 0.6 is 0 Å². The van der Waals surface area contributed by atoms with Crippen LogP contribution in [0.1, 0.15) is 34.7 Å². The number of hydrogen-bond donors (Lipinski definition) is 1. The van der Waals surface area contributed by atoms with Crippen LogP contribution in [-0.4, -0.2) is 11.1 Å². The molecule has 1 saturated heterocycles. The number of carbonyl (C=O) groups is 1. The molecule has 0 radical (unpaired) electrons. The summed E-state index contributed by atoms with van der Waals surface area (Å²) >= 11 is 0. The van der Waals surface area contributed by atoms with Crippen molar-refractivity contribution in [1.29, 1.82) is 0 Å². The smallest absolute Gasteiger partial charge is 0.408 e. The Labute approximate surface area is 156 Å². The summed E-state index contributed by atoms with van der Waals surface area (Å²) in [4.78, 5) is 16.3. The van der Waals surface area contributed by atoms with E-state index in [2.05, 4.69) is 22.1 Å². The molecule has 132 valence electrons. The number of aromatic nitrogens is 1. The predicted molar refractivity (Wildman–Crippen MR) is 98.2 cm³/mol. The van der Waals surface area contributed by atoms with Crippen molar-refractivity contribution in [2.45, 2.75) is 12.1 Å². The van der Waals surface area contributed by atoms with Crippen LogP contribution in [0.5, 0.6) is 0 Å². The lowest BCUT2D eigenvalue weighted by atomic mass is 10.00. The Morgan fingerprint density at radius 2 is 1.70 bits per heavy atom. The second-order valence-corrected chi connectivity index (χ2v) is 6.04. The van der Waals surface area contributed by atoms with E-state index < -0.39 is 18.2 Å². The number of nitrogens with zero attached hydrogens (tertiary/aromatic N) is 1. The molecule has 2 heterocycles. The molecule has 2 atom stereocenters. The van der Waals surface area contributed by atoms with Crippen molar-refractivity contribution in [3.63, 3.8) is 0 Å². The summed E-state index contributed by atoms with van der Waals surface area (Å²) in [5.74, 6) is 5.30. The molecule has 0 bridgehead atoms. The molecule has 4 rings (SSSR count). The lowest BCUT2D eigenvalue weighted by Gasteiger charge is -2.16. The highest BCUT2D eigenvalue weighted by Crippen LogP contribution is 2.35. The molecule has 1 N–H and O–H groups in total. The summed E-state index contributed by atoms with van der Waals surface area (Å²) in [5.41, 5.74) is 2.31. The van der Waals surface area contributed by atoms with Gasteiger partial charge in [0.05, 0.1) is 11.3 Å². The third-order valence-electron chi connectivity index (χ3n) is 4.23. The van der Waals surface area contributed by atoms with Gasteiger partial charge in [-0.25, -0.2) is 14.2 Å². The lowest BCUT2D eigenvalue weighted by Crippen LogP contribution is -2.20. The number of cyclic esters (lactones) is 1. The van der Waals surface area contributed by atoms with Gasteiger partial charge in [0.25, 0.3) is 0 Å². The van der Waals surface area contributed by atoms with Crippen molar-refractivity contribution < 1.29 is 13.9 Å². The van der Waals surface area contributed by atoms with Gasteiger partial charge >= 0.3 is 6.09 Å². The van der Waals surface area contributed by atoms with Gasteiger partial charge in [0.1, 0.15) is 17.6 Å². The third kappa shape index (κ3) is 3.65. The molecule has 27 heavy (non-hydrogen) atoms. The number of benzene rings is 2. The number of carbonyl (C=O) groups excluding carboxylic acids is 1. The molecule has 0 aliphatic carbocycles. The van der Waals surface area contributed by atoms with Crippen molar-refractivity contribution in [2.24, 2.45) is 0 Å². The Kier molecular flexibility index (Phi) is 4.54. The number of nitrogens with one attached hydrogen (secondary N) is 1. The van der Waals surface area contributed by atoms with Crippen LogP contribution in [0.3, 0.4) is 0 Å². The Hall–Kier alpha value is -3.65. The maximum Gasteiger partial charge on any atom is 0.408 e. The van der Waals surface area contributed by atoms with Gasteiger partial charge < -0.3 is 10.1 Å². The monoisotopic (exact) mass is 358 g/mol. The molecule has 0 unspecified atom stereocenters. The van der Waals surface area contributed by atoms with E-state index in [1.165, 1.54) is 6.07 Å². The number of pyridine rings is 1. The first kappa shape index (κ1) is 16.8. The number of alkyl carbamates (subject to hydrolysis) is 1. The SMILES string of the molecule is O=C1N[C@H](c2cccc(C#Cc3ccccc3F)n2)[C@@H](c2ccccc2)O1. The van der Waals surface area contributed by atoms with Crippen molar-refractivity contribution in [3.8, 4) is 11.8 Å². The van der Waals surface area contributed by atoms with Crippen LogP contribution in [0.25, 0.3) is 0 Å². The molecule has 1 fully saturated rings. The average molecular weight is 358 g/mol. The minimum Gasteiger partial charge on any atom is -0.439 e. The summed E-state index contributed by atoms with van der Waals surface area (Å²) in [6.45, 7) is 0. The van der Waals surface area contributed by atoms with Crippen molar-refractivity contribution in [1.82, 2.24) is 10.3 Å². The molecule has 0 spiro atoms. The minimum atomic E-state index is -0.488. The second kappa shape index (κ2) is 7.30. The van der Waals surface area contributed by atoms with Crippen LogP contribution in [0.4, 0.5) is 9.18 Å². The van der Waals surface area contributed by atoms with Gasteiger partial charge in [-0.3, -0.25) is 0 Å². The van der Waals surface area contributed by atoms with E-state index in [0.29, 0.717) is 17.0 Å². The number of rotatable bonds is 2. The van der Waals surface area contributed by atoms with E-state index in [1.807, 2.05) is 36.4 Å². The summed E-state index contributed by atoms with van der Waals surface area (Å²) in [5, 5.41) is 2.80. The molecule has 3 aromatic rings. The van der Waals surface area contributed by atoms with Gasteiger partial charge in [0, 0.05) is 0 Å². The van der Waals surface area contributed by atoms with E-state index in [9.17, 15) is 9.18 Å². The molecular weight excluding hydrogens is 343 g/mol. The average Bonchev–Trinajstić information content (AvgIpc) is 3.10. The first-order valence-electron chi connectivity index (χ1n) is 8.46. The van der Waals surface area contributed by atoms with Crippen molar-refractivity contribution in [2.75, 3.05) is 0 Å². The molecular formula is C22H15FN2O2. The number of halogens is 1. The Balaban J connectivity index is 1.64. The summed E-state index contributed by atoms with van der Waals surface area (Å²) in [6.07, 6.45) is -0.959. The normalized spacial score (nSPS) is 18.2. The number of amides is 1. The van der Waals surface area contributed by atoms with Crippen molar-refractivity contribution >= 4 is 6.09 Å². The first-order chi connectivity index (χ1) is 13.2. The van der Waals surface area contributed by atoms with E-state index in [0.717, 1.165) is 5.56 Å². The molecule has 1 amide bonds. The van der Waals surface area contributed by atoms with E-state index in [4.69, 9.17) is 4.74 Å². The molecule has 4 nitrogen and oxygen atoms in total. The van der Waals surface area contributed by atoms with Crippen LogP contribution in [0.2, 0.25) is 0 Å². The molecule has 2 aromatic carbocycles. The third-order valence-corrected chi connectivity index (χ3v) is 4.23. The van der Waals surface area contributed by atoms with Gasteiger partial charge in [-0.2, -0.15) is 0 Å². The fraction of sp³-hybridized carbons (Fsp3) is 0.0909. The van der Waals surface area contributed by atoms with Gasteiger partial charge in [-0.15, -0.1) is 0 Å². The molecule has 1 aromatic heterocycles. The van der Waals surface area contributed by atoms with Crippen LogP contribution < -0.4 is 5.32 Å².